The number of nitrogens with zero attached hydrogens (tertiary/aromatic N) is 2. The van der Waals surface area contributed by atoms with E-state index in [4.69, 9.17) is 28.0 Å². The van der Waals surface area contributed by atoms with E-state index < -0.39 is 24.0 Å². The predicted molar refractivity (Wildman–Crippen MR) is 120 cm³/mol. The van der Waals surface area contributed by atoms with E-state index in [1.807, 2.05) is 61.5 Å². The Labute approximate surface area is 189 Å². The maximum Gasteiger partial charge on any atom is 0.266 e. The third-order valence-corrected chi connectivity index (χ3v) is 6.32. The largest absolute Gasteiger partial charge is 0.273 e. The highest BCUT2D eigenvalue weighted by Crippen LogP contribution is 2.49. The maximum atomic E-state index is 13.6. The first kappa shape index (κ1) is 20.1. The molecule has 0 bridgehead atoms. The van der Waals surface area contributed by atoms with E-state index in [2.05, 4.69) is 0 Å². The van der Waals surface area contributed by atoms with Gasteiger partial charge in [0.15, 0.2) is 6.10 Å². The second-order valence-corrected chi connectivity index (χ2v) is 8.47. The predicted octanol–water partition coefficient (Wildman–Crippen LogP) is 5.35. The van der Waals surface area contributed by atoms with Crippen molar-refractivity contribution in [1.82, 2.24) is 0 Å². The molecular weight excluding hydrogens is 435 g/mol. The van der Waals surface area contributed by atoms with Gasteiger partial charge in [0.25, 0.3) is 5.91 Å². The number of para-hydroxylation sites is 2. The number of hydrogen-bond donors (Lipinski definition) is 0. The Hall–Kier alpha value is -2.86. The number of carbonyl (C=O) groups is 2. The highest BCUT2D eigenvalue weighted by molar-refractivity contribution is 6.42. The third-order valence-electron chi connectivity index (χ3n) is 5.71. The van der Waals surface area contributed by atoms with Crippen LogP contribution in [0.2, 0.25) is 10.0 Å². The van der Waals surface area contributed by atoms with Crippen molar-refractivity contribution in [2.75, 3.05) is 9.96 Å². The molecule has 0 aliphatic carbocycles. The first-order valence-electron chi connectivity index (χ1n) is 9.87. The first-order chi connectivity index (χ1) is 15.0. The minimum atomic E-state index is -0.966. The van der Waals surface area contributed by atoms with Gasteiger partial charge >= 0.3 is 0 Å². The molecule has 5 nitrogen and oxygen atoms in total. The number of hydroxylamine groups is 1. The molecule has 156 valence electrons. The van der Waals surface area contributed by atoms with Crippen molar-refractivity contribution in [3.63, 3.8) is 0 Å². The number of hydrogen-bond acceptors (Lipinski definition) is 4. The molecule has 0 saturated carbocycles. The summed E-state index contributed by atoms with van der Waals surface area (Å²) in [5.74, 6) is -1.59. The van der Waals surface area contributed by atoms with Crippen LogP contribution in [0.25, 0.3) is 0 Å². The van der Waals surface area contributed by atoms with E-state index >= 15 is 0 Å². The SMILES string of the molecule is Cc1ccc([C@@H]2[C@@H]3C(=O)N(c4c(Cl)cccc4Cl)C(=O)[C@@H]3ON2c2ccccc2)cc1. The van der Waals surface area contributed by atoms with Crippen LogP contribution in [0.15, 0.2) is 72.8 Å². The van der Waals surface area contributed by atoms with Crippen LogP contribution in [0.5, 0.6) is 0 Å². The molecule has 0 radical (unpaired) electrons. The highest BCUT2D eigenvalue weighted by atomic mass is 35.5. The molecule has 2 heterocycles. The number of halogens is 2. The van der Waals surface area contributed by atoms with Gasteiger partial charge in [-0.15, -0.1) is 0 Å². The van der Waals surface area contributed by atoms with Gasteiger partial charge in [0.1, 0.15) is 5.92 Å². The van der Waals surface area contributed by atoms with Crippen molar-refractivity contribution < 1.29 is 14.4 Å². The lowest BCUT2D eigenvalue weighted by molar-refractivity contribution is -0.126. The molecule has 0 spiro atoms. The molecule has 2 amide bonds. The van der Waals surface area contributed by atoms with Gasteiger partial charge in [0.05, 0.1) is 27.5 Å². The van der Waals surface area contributed by atoms with Crippen molar-refractivity contribution in [2.45, 2.75) is 19.1 Å². The van der Waals surface area contributed by atoms with Crippen LogP contribution in [0.1, 0.15) is 17.2 Å². The summed E-state index contributed by atoms with van der Waals surface area (Å²) in [5, 5.41) is 2.14. The second-order valence-electron chi connectivity index (χ2n) is 7.65. The number of aryl methyl sites for hydroxylation is 1. The summed E-state index contributed by atoms with van der Waals surface area (Å²) in [6, 6.07) is 21.7. The van der Waals surface area contributed by atoms with Crippen molar-refractivity contribution in [3.8, 4) is 0 Å². The Balaban J connectivity index is 1.61. The van der Waals surface area contributed by atoms with E-state index in [0.29, 0.717) is 0 Å². The summed E-state index contributed by atoms with van der Waals surface area (Å²) in [6.07, 6.45) is -0.966. The van der Waals surface area contributed by atoms with Gasteiger partial charge in [-0.2, -0.15) is 0 Å². The van der Waals surface area contributed by atoms with E-state index in [0.717, 1.165) is 21.7 Å². The van der Waals surface area contributed by atoms with Gasteiger partial charge in [-0.05, 0) is 36.8 Å². The van der Waals surface area contributed by atoms with Gasteiger partial charge < -0.3 is 0 Å². The molecule has 2 saturated heterocycles. The summed E-state index contributed by atoms with van der Waals surface area (Å²) in [4.78, 5) is 34.1. The van der Waals surface area contributed by atoms with Gasteiger partial charge in [-0.3, -0.25) is 14.4 Å². The van der Waals surface area contributed by atoms with E-state index in [1.165, 1.54) is 0 Å². The number of carbonyl (C=O) groups excluding carboxylic acids is 2. The molecule has 3 atom stereocenters. The third kappa shape index (κ3) is 3.21. The molecule has 0 unspecified atom stereocenters. The zero-order valence-electron chi connectivity index (χ0n) is 16.5. The quantitative estimate of drug-likeness (QED) is 0.502. The zero-order valence-corrected chi connectivity index (χ0v) is 18.0. The molecule has 2 aliphatic heterocycles. The maximum absolute atomic E-state index is 13.6. The number of rotatable bonds is 3. The molecule has 0 aromatic heterocycles. The van der Waals surface area contributed by atoms with Crippen molar-refractivity contribution in [3.05, 3.63) is 94.0 Å². The molecule has 2 aliphatic rings. The zero-order chi connectivity index (χ0) is 21.7. The summed E-state index contributed by atoms with van der Waals surface area (Å²) in [6.45, 7) is 2.00. The minimum absolute atomic E-state index is 0.202. The summed E-state index contributed by atoms with van der Waals surface area (Å²) in [7, 11) is 0. The molecule has 0 N–H and O–H groups in total. The fraction of sp³-hybridized carbons (Fsp3) is 0.167. The topological polar surface area (TPSA) is 49.9 Å². The van der Waals surface area contributed by atoms with E-state index in [9.17, 15) is 9.59 Å². The number of amides is 2. The Kier molecular flexibility index (Phi) is 4.97. The smallest absolute Gasteiger partial charge is 0.266 e. The van der Waals surface area contributed by atoms with Gasteiger partial charge in [-0.1, -0.05) is 77.3 Å². The molecule has 2 fully saturated rings. The monoisotopic (exact) mass is 452 g/mol. The average Bonchev–Trinajstić information content (AvgIpc) is 3.27. The lowest BCUT2D eigenvalue weighted by atomic mass is 9.90. The average molecular weight is 453 g/mol. The number of anilines is 2. The fourth-order valence-corrected chi connectivity index (χ4v) is 4.81. The Morgan fingerprint density at radius 3 is 2.10 bits per heavy atom. The Morgan fingerprint density at radius 1 is 0.806 bits per heavy atom. The molecule has 5 rings (SSSR count). The van der Waals surface area contributed by atoms with E-state index in [1.54, 1.807) is 23.3 Å². The van der Waals surface area contributed by atoms with Gasteiger partial charge in [0.2, 0.25) is 5.91 Å². The van der Waals surface area contributed by atoms with Gasteiger partial charge in [0, 0.05) is 0 Å². The lowest BCUT2D eigenvalue weighted by Crippen LogP contribution is -2.37. The van der Waals surface area contributed by atoms with Gasteiger partial charge in [-0.25, -0.2) is 9.96 Å². The van der Waals surface area contributed by atoms with Crippen LogP contribution in [0.4, 0.5) is 11.4 Å². The van der Waals surface area contributed by atoms with Crippen LogP contribution in [-0.2, 0) is 14.4 Å². The number of fused-ring (bicyclic) bond motifs is 1. The van der Waals surface area contributed by atoms with Crippen molar-refractivity contribution in [2.24, 2.45) is 5.92 Å². The molecule has 7 heteroatoms. The standard InChI is InChI=1S/C24H18Cl2N2O3/c1-14-10-12-15(13-11-14)20-19-22(31-28(20)16-6-3-2-4-7-16)24(30)27(23(19)29)21-17(25)8-5-9-18(21)26/h2-13,19-20,22H,1H3/t19-,20+,22+/m0/s1. The molecule has 31 heavy (non-hydrogen) atoms. The van der Waals surface area contributed by atoms with Crippen molar-refractivity contribution >= 4 is 46.4 Å². The van der Waals surface area contributed by atoms with Crippen LogP contribution >= 0.6 is 23.2 Å². The molecular formula is C24H18Cl2N2O3. The molecule has 3 aromatic rings. The first-order valence-corrected chi connectivity index (χ1v) is 10.6. The summed E-state index contributed by atoms with van der Waals surface area (Å²) in [5.41, 5.74) is 2.96. The fourth-order valence-electron chi connectivity index (χ4n) is 4.24. The minimum Gasteiger partial charge on any atom is -0.273 e. The highest BCUT2D eigenvalue weighted by Gasteiger charge is 2.60. The summed E-state index contributed by atoms with van der Waals surface area (Å²) >= 11 is 12.6. The lowest BCUT2D eigenvalue weighted by Gasteiger charge is -2.29. The number of benzene rings is 3. The second kappa shape index (κ2) is 7.68. The van der Waals surface area contributed by atoms with Crippen molar-refractivity contribution in [1.29, 1.82) is 0 Å². The number of imide groups is 1. The molecule has 3 aromatic carbocycles. The summed E-state index contributed by atoms with van der Waals surface area (Å²) < 4.78 is 0. The van der Waals surface area contributed by atoms with E-state index in [-0.39, 0.29) is 21.6 Å². The Bertz CT molecular complexity index is 1150. The van der Waals surface area contributed by atoms with Crippen LogP contribution in [-0.4, -0.2) is 17.9 Å². The van der Waals surface area contributed by atoms with Crippen LogP contribution in [0.3, 0.4) is 0 Å². The van der Waals surface area contributed by atoms with Crippen LogP contribution < -0.4 is 9.96 Å². The van der Waals surface area contributed by atoms with Crippen LogP contribution in [0, 0.1) is 12.8 Å². The normalized spacial score (nSPS) is 22.9. The Morgan fingerprint density at radius 2 is 1.45 bits per heavy atom.